The van der Waals surface area contributed by atoms with Gasteiger partial charge in [-0.2, -0.15) is 0 Å². The molecular formula is C42H61N3O8. The molecular weight excluding hydrogens is 674 g/mol. The normalized spacial score (nSPS) is 21.1. The number of nitrogens with zero attached hydrogens (tertiary/aromatic N) is 3. The molecule has 2 aromatic rings. The lowest BCUT2D eigenvalue weighted by Crippen LogP contribution is -2.52. The highest BCUT2D eigenvalue weighted by molar-refractivity contribution is 5.87. The molecule has 0 radical (unpaired) electrons. The van der Waals surface area contributed by atoms with Gasteiger partial charge < -0.3 is 43.1 Å². The average Bonchev–Trinajstić information content (AvgIpc) is 3.68. The molecule has 3 heterocycles. The van der Waals surface area contributed by atoms with Gasteiger partial charge in [-0.05, 0) is 88.8 Å². The first kappa shape index (κ1) is 40.5. The summed E-state index contributed by atoms with van der Waals surface area (Å²) in [5.74, 6) is 0.549. The molecule has 53 heavy (non-hydrogen) atoms. The summed E-state index contributed by atoms with van der Waals surface area (Å²) >= 11 is 0. The standard InChI is InChI=1S/C42H61N3O8/c1-7-50-31(2)28-49-29-32-11-14-34(15-12-32)40-35(16-18-39(46)44-19-8-9-20-44)26-45(41(47)53-42(3,4)5)27-38(40)52-30-33-13-17-37-36(25-33)43(22-24-51-37)21-10-23-48-6/h11-18,25,31,35,38,40H,7-10,19-24,26-30H2,1-6H3/t31?,35-,38+,40+/m1/s1. The van der Waals surface area contributed by atoms with Crippen LogP contribution in [0.25, 0.3) is 0 Å². The van der Waals surface area contributed by atoms with Crippen molar-refractivity contribution in [1.29, 1.82) is 0 Å². The molecule has 0 bridgehead atoms. The number of ether oxygens (including phenoxy) is 6. The van der Waals surface area contributed by atoms with Crippen molar-refractivity contribution in [3.63, 3.8) is 0 Å². The van der Waals surface area contributed by atoms with Gasteiger partial charge in [0.15, 0.2) is 0 Å². The molecule has 11 heteroatoms. The van der Waals surface area contributed by atoms with E-state index in [9.17, 15) is 9.59 Å². The van der Waals surface area contributed by atoms with E-state index in [4.69, 9.17) is 28.4 Å². The molecule has 0 aliphatic carbocycles. The van der Waals surface area contributed by atoms with E-state index in [1.807, 2.05) is 57.7 Å². The maximum Gasteiger partial charge on any atom is 0.410 e. The first-order chi connectivity index (χ1) is 25.5. The predicted octanol–water partition coefficient (Wildman–Crippen LogP) is 6.58. The Kier molecular flexibility index (Phi) is 15.0. The van der Waals surface area contributed by atoms with Crippen LogP contribution in [0.1, 0.15) is 76.5 Å². The number of piperidine rings is 1. The number of amides is 2. The first-order valence-electron chi connectivity index (χ1n) is 19.4. The molecule has 2 fully saturated rings. The Labute approximate surface area is 316 Å². The van der Waals surface area contributed by atoms with Crippen molar-refractivity contribution in [2.24, 2.45) is 5.92 Å². The second-order valence-corrected chi connectivity index (χ2v) is 15.3. The van der Waals surface area contributed by atoms with E-state index in [1.54, 1.807) is 18.1 Å². The van der Waals surface area contributed by atoms with Gasteiger partial charge in [-0.3, -0.25) is 4.79 Å². The van der Waals surface area contributed by atoms with Crippen LogP contribution in [0, 0.1) is 5.92 Å². The fraction of sp³-hybridized carbons (Fsp3) is 0.619. The summed E-state index contributed by atoms with van der Waals surface area (Å²) < 4.78 is 35.6. The third-order valence-corrected chi connectivity index (χ3v) is 9.91. The highest BCUT2D eigenvalue weighted by Crippen LogP contribution is 2.38. The lowest BCUT2D eigenvalue weighted by molar-refractivity contribution is -0.125. The minimum atomic E-state index is -0.653. The van der Waals surface area contributed by atoms with Crippen LogP contribution in [0.5, 0.6) is 5.75 Å². The molecule has 2 aromatic carbocycles. The van der Waals surface area contributed by atoms with Crippen LogP contribution < -0.4 is 9.64 Å². The smallest absolute Gasteiger partial charge is 0.410 e. The minimum absolute atomic E-state index is 0.00761. The Hall–Kier alpha value is -3.64. The van der Waals surface area contributed by atoms with Gasteiger partial charge in [0, 0.05) is 58.3 Å². The van der Waals surface area contributed by atoms with E-state index in [1.165, 1.54) is 0 Å². The van der Waals surface area contributed by atoms with Crippen LogP contribution in [-0.4, -0.2) is 112 Å². The van der Waals surface area contributed by atoms with Gasteiger partial charge in [0.05, 0.1) is 50.8 Å². The van der Waals surface area contributed by atoms with Crippen LogP contribution in [0.15, 0.2) is 54.6 Å². The number of carbonyl (C=O) groups is 2. The topological polar surface area (TPSA) is 99.2 Å². The number of methoxy groups -OCH3 is 1. The number of carbonyl (C=O) groups excluding carboxylic acids is 2. The van der Waals surface area contributed by atoms with Crippen molar-refractivity contribution in [3.05, 3.63) is 71.3 Å². The van der Waals surface area contributed by atoms with Gasteiger partial charge in [0.2, 0.25) is 5.91 Å². The van der Waals surface area contributed by atoms with Gasteiger partial charge in [0.25, 0.3) is 0 Å². The highest BCUT2D eigenvalue weighted by atomic mass is 16.6. The van der Waals surface area contributed by atoms with Crippen molar-refractivity contribution in [2.45, 2.75) is 90.8 Å². The molecule has 4 atom stereocenters. The van der Waals surface area contributed by atoms with E-state index in [0.717, 1.165) is 73.6 Å². The number of hydrogen-bond acceptors (Lipinski definition) is 9. The fourth-order valence-corrected chi connectivity index (χ4v) is 7.33. The van der Waals surface area contributed by atoms with Crippen LogP contribution in [0.3, 0.4) is 0 Å². The molecule has 0 N–H and O–H groups in total. The number of anilines is 1. The first-order valence-corrected chi connectivity index (χ1v) is 19.4. The second kappa shape index (κ2) is 19.6. The van der Waals surface area contributed by atoms with Gasteiger partial charge in [-0.15, -0.1) is 0 Å². The van der Waals surface area contributed by atoms with Crippen molar-refractivity contribution >= 4 is 17.7 Å². The number of rotatable bonds is 16. The maximum absolute atomic E-state index is 13.6. The summed E-state index contributed by atoms with van der Waals surface area (Å²) in [6.07, 6.45) is 5.91. The predicted molar refractivity (Wildman–Crippen MR) is 205 cm³/mol. The van der Waals surface area contributed by atoms with Crippen molar-refractivity contribution in [2.75, 3.05) is 77.7 Å². The lowest BCUT2D eigenvalue weighted by atomic mass is 9.78. The largest absolute Gasteiger partial charge is 0.490 e. The summed E-state index contributed by atoms with van der Waals surface area (Å²) in [5, 5.41) is 0. The van der Waals surface area contributed by atoms with Crippen LogP contribution in [0.2, 0.25) is 0 Å². The molecule has 2 saturated heterocycles. The molecule has 1 unspecified atom stereocenters. The molecule has 3 aliphatic heterocycles. The zero-order valence-electron chi connectivity index (χ0n) is 32.7. The van der Waals surface area contributed by atoms with Crippen LogP contribution in [-0.2, 0) is 41.7 Å². The van der Waals surface area contributed by atoms with Gasteiger partial charge in [0.1, 0.15) is 18.0 Å². The maximum atomic E-state index is 13.6. The molecule has 0 spiro atoms. The Bertz CT molecular complexity index is 1490. The van der Waals surface area contributed by atoms with E-state index >= 15 is 0 Å². The Morgan fingerprint density at radius 1 is 0.981 bits per heavy atom. The lowest BCUT2D eigenvalue weighted by Gasteiger charge is -2.43. The number of benzene rings is 2. The van der Waals surface area contributed by atoms with Gasteiger partial charge >= 0.3 is 6.09 Å². The molecule has 0 saturated carbocycles. The highest BCUT2D eigenvalue weighted by Gasteiger charge is 2.41. The van der Waals surface area contributed by atoms with Crippen molar-refractivity contribution < 1.29 is 38.0 Å². The summed E-state index contributed by atoms with van der Waals surface area (Å²) in [6.45, 7) is 16.9. The van der Waals surface area contributed by atoms with E-state index < -0.39 is 5.60 Å². The molecule has 11 nitrogen and oxygen atoms in total. The second-order valence-electron chi connectivity index (χ2n) is 15.3. The number of fused-ring (bicyclic) bond motifs is 1. The molecule has 0 aromatic heterocycles. The zero-order valence-corrected chi connectivity index (χ0v) is 32.7. The molecule has 2 amide bonds. The van der Waals surface area contributed by atoms with E-state index in [-0.39, 0.29) is 36.0 Å². The Balaban J connectivity index is 1.41. The van der Waals surface area contributed by atoms with Crippen LogP contribution in [0.4, 0.5) is 10.5 Å². The molecule has 292 valence electrons. The Morgan fingerprint density at radius 3 is 2.45 bits per heavy atom. The van der Waals surface area contributed by atoms with Crippen LogP contribution >= 0.6 is 0 Å². The quantitative estimate of drug-likeness (QED) is 0.140. The molecule has 5 rings (SSSR count). The SMILES string of the molecule is CCOC(C)COCc1ccc([C@H]2[C@H](C=CC(=O)N3CCCC3)CN(C(=O)OC(C)(C)C)C[C@@H]2OCc2ccc3c(c2)N(CCCOC)CCO3)cc1. The summed E-state index contributed by atoms with van der Waals surface area (Å²) in [5.41, 5.74) is 3.56. The summed E-state index contributed by atoms with van der Waals surface area (Å²) in [6, 6.07) is 14.7. The average molecular weight is 736 g/mol. The fourth-order valence-electron chi connectivity index (χ4n) is 7.33. The van der Waals surface area contributed by atoms with Gasteiger partial charge in [-0.25, -0.2) is 4.79 Å². The molecule has 3 aliphatic rings. The summed E-state index contributed by atoms with van der Waals surface area (Å²) in [4.78, 5) is 32.8. The Morgan fingerprint density at radius 2 is 1.74 bits per heavy atom. The number of hydrogen-bond donors (Lipinski definition) is 0. The zero-order chi connectivity index (χ0) is 37.8. The van der Waals surface area contributed by atoms with Crippen molar-refractivity contribution in [3.8, 4) is 5.75 Å². The van der Waals surface area contributed by atoms with Gasteiger partial charge in [-0.1, -0.05) is 36.4 Å². The van der Waals surface area contributed by atoms with E-state index in [2.05, 4.69) is 35.2 Å². The van der Waals surface area contributed by atoms with E-state index in [0.29, 0.717) is 52.7 Å². The number of likely N-dealkylation sites (tertiary alicyclic amines) is 2. The van der Waals surface area contributed by atoms with Crippen molar-refractivity contribution in [1.82, 2.24) is 9.80 Å². The summed E-state index contributed by atoms with van der Waals surface area (Å²) in [7, 11) is 1.73. The monoisotopic (exact) mass is 735 g/mol. The minimum Gasteiger partial charge on any atom is -0.490 e. The third kappa shape index (κ3) is 11.9. The third-order valence-electron chi connectivity index (χ3n) is 9.91.